The van der Waals surface area contributed by atoms with Crippen LogP contribution >= 0.6 is 0 Å². The van der Waals surface area contributed by atoms with Gasteiger partial charge >= 0.3 is 5.69 Å². The largest absolute Gasteiger partial charge is 0.383 e. The molecular formula is C14H18N2O6S. The van der Waals surface area contributed by atoms with Gasteiger partial charge in [0.1, 0.15) is 0 Å². The van der Waals surface area contributed by atoms with E-state index in [1.165, 1.54) is 32.4 Å². The Balaban J connectivity index is 3.73. The quantitative estimate of drug-likeness (QED) is 0.404. The van der Waals surface area contributed by atoms with E-state index in [2.05, 4.69) is 6.58 Å². The molecule has 1 rings (SSSR count). The van der Waals surface area contributed by atoms with Gasteiger partial charge in [0.15, 0.2) is 10.7 Å². The predicted molar refractivity (Wildman–Crippen MR) is 84.9 cm³/mol. The fourth-order valence-electron chi connectivity index (χ4n) is 1.98. The first-order valence-electron chi connectivity index (χ1n) is 6.58. The number of rotatable bonds is 8. The molecular weight excluding hydrogens is 324 g/mol. The van der Waals surface area contributed by atoms with Crippen LogP contribution in [0.1, 0.15) is 22.8 Å². The Labute approximate surface area is 134 Å². The topological polar surface area (TPSA) is 107 Å². The molecule has 1 aromatic carbocycles. The van der Waals surface area contributed by atoms with E-state index in [1.807, 2.05) is 0 Å². The maximum Gasteiger partial charge on any atom is 0.300 e. The van der Waals surface area contributed by atoms with Crippen molar-refractivity contribution in [2.24, 2.45) is 0 Å². The number of sulfonamides is 1. The van der Waals surface area contributed by atoms with Gasteiger partial charge in [0.05, 0.1) is 17.1 Å². The molecule has 0 aliphatic carbocycles. The number of hydrogen-bond acceptors (Lipinski definition) is 6. The summed E-state index contributed by atoms with van der Waals surface area (Å²) in [5, 5.41) is 11.4. The zero-order valence-electron chi connectivity index (χ0n) is 13.1. The standard InChI is InChI=1S/C14H18N2O6S/c1-5-11-6-7-12(10(2)17)13(16(18)19)14(11)23(20,21)15(3)8-9-22-4/h5-7H,1,8-9H2,2-4H3. The van der Waals surface area contributed by atoms with Gasteiger partial charge in [-0.2, -0.15) is 4.31 Å². The summed E-state index contributed by atoms with van der Waals surface area (Å²) in [4.78, 5) is 21.6. The van der Waals surface area contributed by atoms with E-state index in [-0.39, 0.29) is 24.3 Å². The van der Waals surface area contributed by atoms with Gasteiger partial charge in [0.2, 0.25) is 10.0 Å². The summed E-state index contributed by atoms with van der Waals surface area (Å²) in [6.07, 6.45) is 1.20. The van der Waals surface area contributed by atoms with Gasteiger partial charge in [0.25, 0.3) is 0 Å². The molecule has 1 aromatic rings. The van der Waals surface area contributed by atoms with Gasteiger partial charge < -0.3 is 4.74 Å². The minimum atomic E-state index is -4.20. The Morgan fingerprint density at radius 1 is 1.48 bits per heavy atom. The fourth-order valence-corrected chi connectivity index (χ4v) is 3.48. The van der Waals surface area contributed by atoms with Gasteiger partial charge in [-0.1, -0.05) is 18.7 Å². The average Bonchev–Trinajstić information content (AvgIpc) is 2.50. The van der Waals surface area contributed by atoms with Crippen LogP contribution in [0.5, 0.6) is 0 Å². The summed E-state index contributed by atoms with van der Waals surface area (Å²) in [6.45, 7) is 4.76. The van der Waals surface area contributed by atoms with Crippen LogP contribution in [0.4, 0.5) is 5.69 Å². The van der Waals surface area contributed by atoms with Crippen LogP contribution in [0, 0.1) is 10.1 Å². The molecule has 0 bridgehead atoms. The van der Waals surface area contributed by atoms with Gasteiger partial charge in [-0.25, -0.2) is 8.42 Å². The zero-order valence-corrected chi connectivity index (χ0v) is 13.9. The molecule has 0 N–H and O–H groups in total. The van der Waals surface area contributed by atoms with Crippen molar-refractivity contribution >= 4 is 27.6 Å². The predicted octanol–water partition coefficient (Wildman–Crippen LogP) is 1.71. The van der Waals surface area contributed by atoms with E-state index < -0.39 is 31.3 Å². The van der Waals surface area contributed by atoms with Gasteiger partial charge in [-0.3, -0.25) is 14.9 Å². The molecule has 0 radical (unpaired) electrons. The van der Waals surface area contributed by atoms with Crippen molar-refractivity contribution in [2.75, 3.05) is 27.3 Å². The van der Waals surface area contributed by atoms with E-state index in [1.54, 1.807) is 0 Å². The van der Waals surface area contributed by atoms with Gasteiger partial charge in [-0.15, -0.1) is 0 Å². The number of likely N-dealkylation sites (N-methyl/N-ethyl adjacent to an activating group) is 1. The Morgan fingerprint density at radius 3 is 2.52 bits per heavy atom. The lowest BCUT2D eigenvalue weighted by atomic mass is 10.1. The molecule has 23 heavy (non-hydrogen) atoms. The average molecular weight is 342 g/mol. The number of carbonyl (C=O) groups excluding carboxylic acids is 1. The van der Waals surface area contributed by atoms with Crippen LogP contribution in [0.3, 0.4) is 0 Å². The maximum atomic E-state index is 12.7. The van der Waals surface area contributed by atoms with Crippen LogP contribution in [0.2, 0.25) is 0 Å². The number of hydrogen-bond donors (Lipinski definition) is 0. The number of ketones is 1. The SMILES string of the molecule is C=Cc1ccc(C(C)=O)c([N+](=O)[O-])c1S(=O)(=O)N(C)CCOC. The first-order chi connectivity index (χ1) is 10.7. The highest BCUT2D eigenvalue weighted by Gasteiger charge is 2.35. The highest BCUT2D eigenvalue weighted by molar-refractivity contribution is 7.89. The van der Waals surface area contributed by atoms with Crippen LogP contribution in [-0.2, 0) is 14.8 Å². The number of nitrogens with zero attached hydrogens (tertiary/aromatic N) is 2. The second kappa shape index (κ2) is 7.44. The number of nitro benzene ring substituents is 1. The molecule has 0 aliphatic heterocycles. The summed E-state index contributed by atoms with van der Waals surface area (Å²) >= 11 is 0. The van der Waals surface area contributed by atoms with Crippen molar-refractivity contribution in [2.45, 2.75) is 11.8 Å². The molecule has 0 aromatic heterocycles. The summed E-state index contributed by atoms with van der Waals surface area (Å²) in [6, 6.07) is 2.55. The third-order valence-corrected chi connectivity index (χ3v) is 5.17. The molecule has 0 spiro atoms. The second-order valence-electron chi connectivity index (χ2n) is 4.72. The minimum Gasteiger partial charge on any atom is -0.383 e. The lowest BCUT2D eigenvalue weighted by Gasteiger charge is -2.18. The number of nitro groups is 1. The first kappa shape index (κ1) is 18.9. The molecule has 0 atom stereocenters. The van der Waals surface area contributed by atoms with Gasteiger partial charge in [0, 0.05) is 26.3 Å². The molecule has 0 unspecified atom stereocenters. The van der Waals surface area contributed by atoms with E-state index in [0.717, 1.165) is 11.2 Å². The number of carbonyl (C=O) groups is 1. The molecule has 8 nitrogen and oxygen atoms in total. The summed E-state index contributed by atoms with van der Waals surface area (Å²) in [5.41, 5.74) is -0.940. The second-order valence-corrected chi connectivity index (χ2v) is 6.70. The van der Waals surface area contributed by atoms with Crippen LogP contribution in [0.25, 0.3) is 6.08 Å². The van der Waals surface area contributed by atoms with Crippen LogP contribution in [-0.4, -0.2) is 50.7 Å². The third kappa shape index (κ3) is 3.81. The van der Waals surface area contributed by atoms with Gasteiger partial charge in [-0.05, 0) is 13.0 Å². The number of Topliss-reactive ketones (excluding diaryl/α,β-unsaturated/α-hetero) is 1. The van der Waals surface area contributed by atoms with Crippen molar-refractivity contribution in [3.63, 3.8) is 0 Å². The monoisotopic (exact) mass is 342 g/mol. The Bertz CT molecular complexity index is 742. The maximum absolute atomic E-state index is 12.7. The van der Waals surface area contributed by atoms with E-state index in [4.69, 9.17) is 4.74 Å². The molecule has 0 saturated heterocycles. The molecule has 9 heteroatoms. The summed E-state index contributed by atoms with van der Waals surface area (Å²) < 4.78 is 31.2. The highest BCUT2D eigenvalue weighted by atomic mass is 32.2. The number of benzene rings is 1. The van der Waals surface area contributed by atoms with E-state index >= 15 is 0 Å². The lowest BCUT2D eigenvalue weighted by Crippen LogP contribution is -2.31. The zero-order chi connectivity index (χ0) is 17.8. The molecule has 0 heterocycles. The van der Waals surface area contributed by atoms with Crippen LogP contribution in [0.15, 0.2) is 23.6 Å². The van der Waals surface area contributed by atoms with Crippen molar-refractivity contribution in [3.8, 4) is 0 Å². The molecule has 0 saturated carbocycles. The van der Waals surface area contributed by atoms with Crippen molar-refractivity contribution in [1.29, 1.82) is 0 Å². The molecule has 126 valence electrons. The number of methoxy groups -OCH3 is 1. The van der Waals surface area contributed by atoms with Crippen molar-refractivity contribution in [1.82, 2.24) is 4.31 Å². The molecule has 0 fully saturated rings. The highest BCUT2D eigenvalue weighted by Crippen LogP contribution is 2.34. The molecule has 0 aliphatic rings. The van der Waals surface area contributed by atoms with E-state index in [0.29, 0.717) is 0 Å². The Kier molecular flexibility index (Phi) is 6.13. The smallest absolute Gasteiger partial charge is 0.300 e. The molecule has 0 amide bonds. The number of ether oxygens (including phenoxy) is 1. The summed E-state index contributed by atoms with van der Waals surface area (Å²) in [7, 11) is -1.50. The minimum absolute atomic E-state index is 0.0108. The van der Waals surface area contributed by atoms with E-state index in [9.17, 15) is 23.3 Å². The normalized spacial score (nSPS) is 11.5. The van der Waals surface area contributed by atoms with Crippen LogP contribution < -0.4 is 0 Å². The van der Waals surface area contributed by atoms with Crippen molar-refractivity contribution in [3.05, 3.63) is 40.0 Å². The Morgan fingerprint density at radius 2 is 2.09 bits per heavy atom. The fraction of sp³-hybridized carbons (Fsp3) is 0.357. The lowest BCUT2D eigenvalue weighted by molar-refractivity contribution is -0.388. The Hall–Kier alpha value is -2.10. The third-order valence-electron chi connectivity index (χ3n) is 3.22. The first-order valence-corrected chi connectivity index (χ1v) is 8.02. The summed E-state index contributed by atoms with van der Waals surface area (Å²) in [5.74, 6) is -0.594. The van der Waals surface area contributed by atoms with Crippen molar-refractivity contribution < 1.29 is 22.9 Å².